The van der Waals surface area contributed by atoms with Gasteiger partial charge in [-0.3, -0.25) is 23.9 Å². The Morgan fingerprint density at radius 1 is 0.673 bits per heavy atom. The molecule has 0 aliphatic carbocycles. The second kappa shape index (κ2) is 32.2. The summed E-state index contributed by atoms with van der Waals surface area (Å²) < 4.78 is 18.9. The lowest BCUT2D eigenvalue weighted by molar-refractivity contribution is -0.158. The zero-order chi connectivity index (χ0) is 39.8. The molecule has 1 aromatic rings. The largest absolute Gasteiger partial charge is 0.463 e. The van der Waals surface area contributed by atoms with Crippen LogP contribution in [0.5, 0.6) is 0 Å². The van der Waals surface area contributed by atoms with Crippen LogP contribution in [0.15, 0.2) is 40.1 Å². The lowest BCUT2D eigenvalue weighted by atomic mass is 10.1. The molecule has 0 saturated carbocycles. The maximum atomic E-state index is 12.9. The van der Waals surface area contributed by atoms with E-state index in [-0.39, 0.29) is 25.0 Å². The lowest BCUT2D eigenvalue weighted by Gasteiger charge is -2.19. The third kappa shape index (κ3) is 23.7. The molecular formula is C46H78N2O7. The number of hydrogen-bond acceptors (Lipinski definition) is 7. The SMILES string of the molecule is CCCCCCCC/C=C\CCCCCCCC(=O)OC[C@H]1O[C@@H](n2cc(C)c(=O)[nH]c2=O)C[C@@H]1OC(=O)CCCCCCC/C=C\CCCCCCCC. The molecule has 0 unspecified atom stereocenters. The maximum Gasteiger partial charge on any atom is 0.330 e. The van der Waals surface area contributed by atoms with Gasteiger partial charge in [0.25, 0.3) is 5.56 Å². The number of aromatic nitrogens is 2. The molecule has 9 heteroatoms. The predicted octanol–water partition coefficient (Wildman–Crippen LogP) is 11.7. The standard InChI is InChI=1S/C46H78N2O7/c1-4-6-8-10-12-14-16-18-20-22-24-26-28-30-32-34-43(49)53-38-41-40(36-42(54-41)48-37-39(3)45(51)47-46(48)52)55-44(50)35-33-31-29-27-25-23-21-19-17-15-13-11-9-7-5-2/h18-21,37,40-42H,4-17,22-36,38H2,1-3H3,(H,47,51,52)/b20-18-,21-19-/t40-,41+,42+/m0/s1. The van der Waals surface area contributed by atoms with Gasteiger partial charge >= 0.3 is 17.6 Å². The first-order valence-corrected chi connectivity index (χ1v) is 22.5. The number of nitrogens with zero attached hydrogens (tertiary/aromatic N) is 1. The van der Waals surface area contributed by atoms with E-state index in [0.29, 0.717) is 18.4 Å². The van der Waals surface area contributed by atoms with Gasteiger partial charge in [0.2, 0.25) is 0 Å². The molecule has 0 bridgehead atoms. The van der Waals surface area contributed by atoms with Crippen LogP contribution in [0.25, 0.3) is 0 Å². The van der Waals surface area contributed by atoms with Crippen LogP contribution < -0.4 is 11.2 Å². The van der Waals surface area contributed by atoms with Gasteiger partial charge in [-0.2, -0.15) is 0 Å². The number of allylic oxidation sites excluding steroid dienone is 4. The first-order chi connectivity index (χ1) is 26.8. The Kier molecular flexibility index (Phi) is 28.2. The van der Waals surface area contributed by atoms with Crippen molar-refractivity contribution >= 4 is 11.9 Å². The fourth-order valence-corrected chi connectivity index (χ4v) is 7.10. The number of ether oxygens (including phenoxy) is 3. The van der Waals surface area contributed by atoms with Gasteiger partial charge in [0, 0.05) is 31.0 Å². The first kappa shape index (κ1) is 48.2. The van der Waals surface area contributed by atoms with Crippen molar-refractivity contribution in [2.45, 2.75) is 225 Å². The maximum absolute atomic E-state index is 12.9. The molecule has 55 heavy (non-hydrogen) atoms. The van der Waals surface area contributed by atoms with Crippen LogP contribution >= 0.6 is 0 Å². The molecule has 2 rings (SSSR count). The van der Waals surface area contributed by atoms with Gasteiger partial charge < -0.3 is 14.2 Å². The number of esters is 2. The number of carbonyl (C=O) groups excluding carboxylic acids is 2. The summed E-state index contributed by atoms with van der Waals surface area (Å²) in [6, 6.07) is 0. The number of hydrogen-bond donors (Lipinski definition) is 1. The third-order valence-electron chi connectivity index (χ3n) is 10.6. The van der Waals surface area contributed by atoms with Gasteiger partial charge in [0.05, 0.1) is 0 Å². The van der Waals surface area contributed by atoms with E-state index in [1.54, 1.807) is 6.92 Å². The van der Waals surface area contributed by atoms with Gasteiger partial charge in [-0.05, 0) is 71.1 Å². The average Bonchev–Trinajstić information content (AvgIpc) is 3.57. The van der Waals surface area contributed by atoms with Crippen molar-refractivity contribution in [1.29, 1.82) is 0 Å². The van der Waals surface area contributed by atoms with E-state index >= 15 is 0 Å². The van der Waals surface area contributed by atoms with Crippen LogP contribution in [-0.4, -0.2) is 40.3 Å². The Morgan fingerprint density at radius 2 is 1.11 bits per heavy atom. The van der Waals surface area contributed by atoms with Crippen LogP contribution in [0.3, 0.4) is 0 Å². The summed E-state index contributed by atoms with van der Waals surface area (Å²) in [5.41, 5.74) is -0.681. The summed E-state index contributed by atoms with van der Waals surface area (Å²) in [6.45, 7) is 6.05. The normalized spacial score (nSPS) is 17.1. The Balaban J connectivity index is 1.66. The molecule has 0 radical (unpaired) electrons. The molecule has 1 saturated heterocycles. The van der Waals surface area contributed by atoms with Crippen molar-refractivity contribution in [2.75, 3.05) is 6.61 Å². The van der Waals surface area contributed by atoms with Gasteiger partial charge in [-0.15, -0.1) is 0 Å². The molecule has 1 aliphatic rings. The summed E-state index contributed by atoms with van der Waals surface area (Å²) in [5, 5.41) is 0. The molecule has 0 amide bonds. The average molecular weight is 771 g/mol. The van der Waals surface area contributed by atoms with E-state index in [1.165, 1.54) is 113 Å². The zero-order valence-electron chi connectivity index (χ0n) is 35.1. The summed E-state index contributed by atoms with van der Waals surface area (Å²) in [6.07, 6.45) is 40.3. The second-order valence-electron chi connectivity index (χ2n) is 15.7. The van der Waals surface area contributed by atoms with Crippen molar-refractivity contribution in [3.8, 4) is 0 Å². The highest BCUT2D eigenvalue weighted by Crippen LogP contribution is 2.31. The molecular weight excluding hydrogens is 693 g/mol. The van der Waals surface area contributed by atoms with Gasteiger partial charge in [0.15, 0.2) is 0 Å². The summed E-state index contributed by atoms with van der Waals surface area (Å²) in [7, 11) is 0. The van der Waals surface area contributed by atoms with Crippen molar-refractivity contribution in [2.24, 2.45) is 0 Å². The fraction of sp³-hybridized carbons (Fsp3) is 0.783. The van der Waals surface area contributed by atoms with Crippen molar-refractivity contribution in [3.63, 3.8) is 0 Å². The van der Waals surface area contributed by atoms with E-state index in [9.17, 15) is 19.2 Å². The number of rotatable bonds is 34. The molecule has 1 aliphatic heterocycles. The Labute approximate surface area is 333 Å². The van der Waals surface area contributed by atoms with Crippen molar-refractivity contribution in [3.05, 3.63) is 56.9 Å². The van der Waals surface area contributed by atoms with E-state index in [4.69, 9.17) is 14.2 Å². The van der Waals surface area contributed by atoms with Crippen LogP contribution in [0, 0.1) is 6.92 Å². The zero-order valence-corrected chi connectivity index (χ0v) is 35.1. The minimum Gasteiger partial charge on any atom is -0.463 e. The lowest BCUT2D eigenvalue weighted by Crippen LogP contribution is -2.33. The molecule has 0 spiro atoms. The molecule has 1 N–H and O–H groups in total. The smallest absolute Gasteiger partial charge is 0.330 e. The molecule has 0 aromatic carbocycles. The predicted molar refractivity (Wildman–Crippen MR) is 224 cm³/mol. The van der Waals surface area contributed by atoms with Gasteiger partial charge in [-0.1, -0.05) is 141 Å². The first-order valence-electron chi connectivity index (χ1n) is 22.5. The summed E-state index contributed by atoms with van der Waals surface area (Å²) >= 11 is 0. The van der Waals surface area contributed by atoms with Crippen molar-refractivity contribution < 1.29 is 23.8 Å². The Hall–Kier alpha value is -2.94. The van der Waals surface area contributed by atoms with E-state index in [1.807, 2.05) is 0 Å². The molecule has 2 heterocycles. The molecule has 314 valence electrons. The number of aromatic amines is 1. The Morgan fingerprint density at radius 3 is 1.60 bits per heavy atom. The highest BCUT2D eigenvalue weighted by atomic mass is 16.6. The Bertz CT molecular complexity index is 1320. The van der Waals surface area contributed by atoms with E-state index < -0.39 is 29.7 Å². The van der Waals surface area contributed by atoms with Crippen LogP contribution in [0.4, 0.5) is 0 Å². The quantitative estimate of drug-likeness (QED) is 0.0421. The minimum atomic E-state index is -0.755. The number of carbonyl (C=O) groups is 2. The number of aryl methyl sites for hydroxylation is 1. The van der Waals surface area contributed by atoms with Gasteiger partial charge in [-0.25, -0.2) is 4.79 Å². The summed E-state index contributed by atoms with van der Waals surface area (Å²) in [4.78, 5) is 52.4. The number of nitrogens with one attached hydrogen (secondary N) is 1. The monoisotopic (exact) mass is 771 g/mol. The van der Waals surface area contributed by atoms with Crippen molar-refractivity contribution in [1.82, 2.24) is 9.55 Å². The number of H-pyrrole nitrogens is 1. The third-order valence-corrected chi connectivity index (χ3v) is 10.6. The van der Waals surface area contributed by atoms with Crippen LogP contribution in [0.1, 0.15) is 212 Å². The van der Waals surface area contributed by atoms with Crippen LogP contribution in [0.2, 0.25) is 0 Å². The van der Waals surface area contributed by atoms with Gasteiger partial charge in [0.1, 0.15) is 25.0 Å². The highest BCUT2D eigenvalue weighted by molar-refractivity contribution is 5.70. The number of unbranched alkanes of at least 4 members (excludes halogenated alkanes) is 22. The second-order valence-corrected chi connectivity index (χ2v) is 15.7. The molecule has 1 fully saturated rings. The van der Waals surface area contributed by atoms with E-state index in [0.717, 1.165) is 64.2 Å². The minimum absolute atomic E-state index is 0.0666. The van der Waals surface area contributed by atoms with Crippen LogP contribution in [-0.2, 0) is 23.8 Å². The molecule has 1 aromatic heterocycles. The topological polar surface area (TPSA) is 117 Å². The fourth-order valence-electron chi connectivity index (χ4n) is 7.10. The summed E-state index contributed by atoms with van der Waals surface area (Å²) in [5.74, 6) is -0.624. The highest BCUT2D eigenvalue weighted by Gasteiger charge is 2.40. The molecule has 3 atom stereocenters. The molecule has 9 nitrogen and oxygen atoms in total. The van der Waals surface area contributed by atoms with E-state index in [2.05, 4.69) is 43.1 Å².